The van der Waals surface area contributed by atoms with Gasteiger partial charge in [-0.05, 0) is 49.2 Å². The van der Waals surface area contributed by atoms with Crippen molar-refractivity contribution in [3.63, 3.8) is 0 Å². The van der Waals surface area contributed by atoms with Crippen molar-refractivity contribution in [2.45, 2.75) is 25.9 Å². The average Bonchev–Trinajstić information content (AvgIpc) is 3.09. The Morgan fingerprint density at radius 1 is 1.04 bits per heavy atom. The number of hydrogen-bond acceptors (Lipinski definition) is 3. The molecule has 1 N–H and O–H groups in total. The number of halogens is 2. The molecule has 0 atom stereocenters. The lowest BCUT2D eigenvalue weighted by molar-refractivity contribution is 0.0946. The van der Waals surface area contributed by atoms with Crippen LogP contribution in [0.5, 0.6) is 0 Å². The topological polar surface area (TPSA) is 45.2 Å². The van der Waals surface area contributed by atoms with Crippen LogP contribution in [0.25, 0.3) is 0 Å². The van der Waals surface area contributed by atoms with Crippen molar-refractivity contribution in [3.05, 3.63) is 63.4 Å². The van der Waals surface area contributed by atoms with E-state index in [0.717, 1.165) is 12.1 Å². The van der Waals surface area contributed by atoms with E-state index in [1.165, 1.54) is 31.5 Å². The van der Waals surface area contributed by atoms with Crippen LogP contribution in [0.15, 0.2) is 36.4 Å². The van der Waals surface area contributed by atoms with Crippen LogP contribution >= 0.6 is 23.2 Å². The van der Waals surface area contributed by atoms with Crippen LogP contribution in [-0.2, 0) is 13.1 Å². The fraction of sp³-hybridized carbons (Fsp3) is 0.333. The van der Waals surface area contributed by atoms with Gasteiger partial charge in [-0.15, -0.1) is 0 Å². The number of rotatable bonds is 5. The normalized spacial score (nSPS) is 14.8. The first-order valence-electron chi connectivity index (χ1n) is 8.02. The average molecular weight is 364 g/mol. The van der Waals surface area contributed by atoms with E-state index >= 15 is 0 Å². The van der Waals surface area contributed by atoms with Crippen LogP contribution < -0.4 is 5.32 Å². The highest BCUT2D eigenvalue weighted by molar-refractivity contribution is 6.34. The van der Waals surface area contributed by atoms with Gasteiger partial charge >= 0.3 is 0 Å². The van der Waals surface area contributed by atoms with E-state index in [2.05, 4.69) is 27.3 Å². The van der Waals surface area contributed by atoms with Gasteiger partial charge in [0.05, 0.1) is 5.02 Å². The number of carbonyl (C=O) groups is 1. The molecule has 3 rings (SSSR count). The summed E-state index contributed by atoms with van der Waals surface area (Å²) in [6, 6.07) is 11.4. The molecule has 1 aromatic heterocycles. The third kappa shape index (κ3) is 4.47. The van der Waals surface area contributed by atoms with Crippen LogP contribution in [0.3, 0.4) is 0 Å². The minimum atomic E-state index is -0.330. The van der Waals surface area contributed by atoms with Crippen LogP contribution in [-0.4, -0.2) is 28.9 Å². The van der Waals surface area contributed by atoms with Gasteiger partial charge in [-0.2, -0.15) is 0 Å². The quantitative estimate of drug-likeness (QED) is 0.818. The minimum Gasteiger partial charge on any atom is -0.347 e. The summed E-state index contributed by atoms with van der Waals surface area (Å²) in [4.78, 5) is 18.6. The molecule has 1 amide bonds. The molecule has 126 valence electrons. The monoisotopic (exact) mass is 363 g/mol. The van der Waals surface area contributed by atoms with E-state index < -0.39 is 0 Å². The molecule has 1 aliphatic rings. The van der Waals surface area contributed by atoms with Crippen molar-refractivity contribution in [3.8, 4) is 0 Å². The highest BCUT2D eigenvalue weighted by Gasteiger charge is 2.13. The van der Waals surface area contributed by atoms with Crippen molar-refractivity contribution in [2.24, 2.45) is 0 Å². The van der Waals surface area contributed by atoms with E-state index in [0.29, 0.717) is 6.54 Å². The number of aromatic nitrogens is 1. The van der Waals surface area contributed by atoms with Gasteiger partial charge in [-0.3, -0.25) is 9.69 Å². The summed E-state index contributed by atoms with van der Waals surface area (Å²) >= 11 is 11.8. The lowest BCUT2D eigenvalue weighted by atomic mass is 10.1. The maximum absolute atomic E-state index is 12.2. The largest absolute Gasteiger partial charge is 0.347 e. The smallest absolute Gasteiger partial charge is 0.271 e. The standard InChI is InChI=1S/C18H19Cl2N3O/c19-15-7-8-16(20)22-17(15)18(24)21-11-13-3-5-14(6-4-13)12-23-9-1-2-10-23/h3-8H,1-2,9-12H2,(H,21,24). The molecule has 1 aliphatic heterocycles. The van der Waals surface area contributed by atoms with Crippen molar-refractivity contribution >= 4 is 29.1 Å². The zero-order valence-corrected chi connectivity index (χ0v) is 14.8. The first kappa shape index (κ1) is 17.2. The van der Waals surface area contributed by atoms with Gasteiger partial charge in [0.25, 0.3) is 5.91 Å². The lowest BCUT2D eigenvalue weighted by Gasteiger charge is -2.14. The number of benzene rings is 1. The van der Waals surface area contributed by atoms with Gasteiger partial charge in [0.2, 0.25) is 0 Å². The molecule has 2 aromatic rings. The minimum absolute atomic E-state index is 0.148. The predicted molar refractivity (Wildman–Crippen MR) is 96.4 cm³/mol. The Morgan fingerprint density at radius 2 is 1.71 bits per heavy atom. The Hall–Kier alpha value is -1.62. The number of carbonyl (C=O) groups excluding carboxylic acids is 1. The number of nitrogens with zero attached hydrogens (tertiary/aromatic N) is 2. The third-order valence-electron chi connectivity index (χ3n) is 4.11. The summed E-state index contributed by atoms with van der Waals surface area (Å²) in [6.45, 7) is 3.79. The molecule has 1 aromatic carbocycles. The molecular formula is C18H19Cl2N3O. The fourth-order valence-electron chi connectivity index (χ4n) is 2.81. The van der Waals surface area contributed by atoms with Crippen molar-refractivity contribution < 1.29 is 4.79 Å². The van der Waals surface area contributed by atoms with Gasteiger partial charge in [0, 0.05) is 13.1 Å². The van der Waals surface area contributed by atoms with Crippen LogP contribution in [0.1, 0.15) is 34.5 Å². The van der Waals surface area contributed by atoms with Gasteiger partial charge in [0.1, 0.15) is 10.8 Å². The van der Waals surface area contributed by atoms with E-state index in [-0.39, 0.29) is 21.8 Å². The summed E-state index contributed by atoms with van der Waals surface area (Å²) in [5.74, 6) is -0.330. The van der Waals surface area contributed by atoms with Crippen molar-refractivity contribution in [1.29, 1.82) is 0 Å². The van der Waals surface area contributed by atoms with Gasteiger partial charge in [0.15, 0.2) is 0 Å². The second kappa shape index (κ2) is 7.97. The fourth-order valence-corrected chi connectivity index (χ4v) is 3.14. The zero-order valence-electron chi connectivity index (χ0n) is 13.3. The summed E-state index contributed by atoms with van der Waals surface area (Å²) in [5, 5.41) is 3.36. The molecule has 0 unspecified atom stereocenters. The molecule has 0 aliphatic carbocycles. The Bertz CT molecular complexity index is 713. The SMILES string of the molecule is O=C(NCc1ccc(CN2CCCC2)cc1)c1nc(Cl)ccc1Cl. The second-order valence-electron chi connectivity index (χ2n) is 5.95. The van der Waals surface area contributed by atoms with E-state index in [1.807, 2.05) is 12.1 Å². The summed E-state index contributed by atoms with van der Waals surface area (Å²) in [6.07, 6.45) is 2.59. The number of hydrogen-bond donors (Lipinski definition) is 1. The summed E-state index contributed by atoms with van der Waals surface area (Å²) in [5.41, 5.74) is 2.48. The molecule has 0 spiro atoms. The predicted octanol–water partition coefficient (Wildman–Crippen LogP) is 3.91. The highest BCUT2D eigenvalue weighted by Crippen LogP contribution is 2.17. The highest BCUT2D eigenvalue weighted by atomic mass is 35.5. The number of pyridine rings is 1. The summed E-state index contributed by atoms with van der Waals surface area (Å²) < 4.78 is 0. The number of amides is 1. The Morgan fingerprint density at radius 3 is 2.42 bits per heavy atom. The first-order chi connectivity index (χ1) is 11.6. The van der Waals surface area contributed by atoms with Gasteiger partial charge in [-0.25, -0.2) is 4.98 Å². The van der Waals surface area contributed by atoms with Gasteiger partial charge < -0.3 is 5.32 Å². The Kier molecular flexibility index (Phi) is 5.72. The van der Waals surface area contributed by atoms with Crippen LogP contribution in [0, 0.1) is 0 Å². The van der Waals surface area contributed by atoms with Crippen LogP contribution in [0.2, 0.25) is 10.2 Å². The van der Waals surface area contributed by atoms with Gasteiger partial charge in [-0.1, -0.05) is 47.5 Å². The lowest BCUT2D eigenvalue weighted by Crippen LogP contribution is -2.24. The molecule has 4 nitrogen and oxygen atoms in total. The molecule has 0 radical (unpaired) electrons. The Labute approximate surface area is 151 Å². The molecule has 6 heteroatoms. The molecule has 1 fully saturated rings. The number of likely N-dealkylation sites (tertiary alicyclic amines) is 1. The zero-order chi connectivity index (χ0) is 16.9. The molecule has 24 heavy (non-hydrogen) atoms. The van der Waals surface area contributed by atoms with Crippen molar-refractivity contribution in [1.82, 2.24) is 15.2 Å². The third-order valence-corrected chi connectivity index (χ3v) is 4.62. The molecular weight excluding hydrogens is 345 g/mol. The molecule has 0 saturated carbocycles. The first-order valence-corrected chi connectivity index (χ1v) is 8.78. The molecule has 2 heterocycles. The summed E-state index contributed by atoms with van der Waals surface area (Å²) in [7, 11) is 0. The van der Waals surface area contributed by atoms with E-state index in [9.17, 15) is 4.79 Å². The van der Waals surface area contributed by atoms with E-state index in [1.54, 1.807) is 12.1 Å². The van der Waals surface area contributed by atoms with E-state index in [4.69, 9.17) is 23.2 Å². The van der Waals surface area contributed by atoms with Crippen LogP contribution in [0.4, 0.5) is 0 Å². The Balaban J connectivity index is 1.56. The molecule has 1 saturated heterocycles. The maximum atomic E-state index is 12.2. The van der Waals surface area contributed by atoms with Crippen molar-refractivity contribution in [2.75, 3.05) is 13.1 Å². The second-order valence-corrected chi connectivity index (χ2v) is 6.74. The maximum Gasteiger partial charge on any atom is 0.271 e. The number of nitrogens with one attached hydrogen (secondary N) is 1. The molecule has 0 bridgehead atoms.